The molecule has 1 saturated carbocycles. The number of carbonyl (C=O) groups excluding carboxylic acids is 1. The molecule has 3 atom stereocenters. The zero-order chi connectivity index (χ0) is 31.1. The molecule has 2 unspecified atom stereocenters. The summed E-state index contributed by atoms with van der Waals surface area (Å²) in [6.07, 6.45) is 6.63. The van der Waals surface area contributed by atoms with Crippen molar-refractivity contribution in [3.05, 3.63) is 48.8 Å². The van der Waals surface area contributed by atoms with Crippen molar-refractivity contribution in [2.24, 2.45) is 5.92 Å². The number of nitrogen functional groups attached to an aromatic ring is 1. The highest BCUT2D eigenvalue weighted by molar-refractivity contribution is 7.52. The number of ether oxygens (including phenoxy) is 2. The summed E-state index contributed by atoms with van der Waals surface area (Å²) in [6.45, 7) is 1.60. The third-order valence-electron chi connectivity index (χ3n) is 7.67. The Kier molecular flexibility index (Phi) is 10.3. The van der Waals surface area contributed by atoms with Crippen molar-refractivity contribution in [1.29, 1.82) is 0 Å². The van der Waals surface area contributed by atoms with Gasteiger partial charge in [-0.05, 0) is 50.5 Å². The van der Waals surface area contributed by atoms with Gasteiger partial charge in [0.15, 0.2) is 11.2 Å². The summed E-state index contributed by atoms with van der Waals surface area (Å²) in [6, 6.07) is 12.0. The van der Waals surface area contributed by atoms with E-state index in [1.165, 1.54) is 7.11 Å². The highest BCUT2D eigenvalue weighted by Crippen LogP contribution is 2.47. The molecule has 2 aromatic heterocycles. The lowest BCUT2D eigenvalue weighted by Gasteiger charge is -2.27. The lowest BCUT2D eigenvalue weighted by atomic mass is 9.98. The number of benzene rings is 2. The minimum Gasteiger partial charge on any atom is -0.479 e. The predicted octanol–water partition coefficient (Wildman–Crippen LogP) is 4.63. The van der Waals surface area contributed by atoms with Crippen LogP contribution in [-0.4, -0.2) is 63.1 Å². The van der Waals surface area contributed by atoms with E-state index in [0.29, 0.717) is 29.9 Å². The van der Waals surface area contributed by atoms with Crippen LogP contribution in [0.1, 0.15) is 45.4 Å². The Bertz CT molecular complexity index is 1620. The van der Waals surface area contributed by atoms with Crippen molar-refractivity contribution in [2.45, 2.75) is 64.1 Å². The molecule has 44 heavy (non-hydrogen) atoms. The summed E-state index contributed by atoms with van der Waals surface area (Å²) in [7, 11) is -2.68. The summed E-state index contributed by atoms with van der Waals surface area (Å²) in [5.41, 5.74) is 6.78. The zero-order valence-electron chi connectivity index (χ0n) is 24.9. The van der Waals surface area contributed by atoms with Crippen LogP contribution in [0.4, 0.5) is 5.95 Å². The lowest BCUT2D eigenvalue weighted by Crippen LogP contribution is -2.37. The van der Waals surface area contributed by atoms with Gasteiger partial charge in [-0.1, -0.05) is 42.8 Å². The Labute approximate surface area is 255 Å². The molecule has 236 valence electrons. The monoisotopic (exact) mass is 626 g/mol. The van der Waals surface area contributed by atoms with Gasteiger partial charge in [-0.25, -0.2) is 9.55 Å². The Morgan fingerprint density at radius 3 is 2.70 bits per heavy atom. The molecule has 0 spiro atoms. The second kappa shape index (κ2) is 14.3. The molecule has 1 fully saturated rings. The number of aromatic nitrogens is 4. The van der Waals surface area contributed by atoms with E-state index < -0.39 is 25.7 Å². The number of esters is 1. The number of aryl methyl sites for hydroxylation is 1. The SMILES string of the molecule is COc1nc(N)nc2c1ncn2CCC(CO)COP(=O)(N[C@@H](C)C(=O)OC1CCCCC1)Oc1cccc2ccccc12. The fourth-order valence-corrected chi connectivity index (χ4v) is 6.81. The van der Waals surface area contributed by atoms with E-state index in [0.717, 1.165) is 42.9 Å². The normalized spacial score (nSPS) is 16.8. The van der Waals surface area contributed by atoms with Gasteiger partial charge in [0.25, 0.3) is 0 Å². The maximum atomic E-state index is 14.3. The minimum atomic E-state index is -4.15. The van der Waals surface area contributed by atoms with E-state index in [1.54, 1.807) is 30.0 Å². The van der Waals surface area contributed by atoms with Crippen molar-refractivity contribution < 1.29 is 33.0 Å². The molecule has 0 radical (unpaired) electrons. The van der Waals surface area contributed by atoms with Gasteiger partial charge in [-0.3, -0.25) is 9.32 Å². The summed E-state index contributed by atoms with van der Waals surface area (Å²) in [5.74, 6) is -0.314. The maximum absolute atomic E-state index is 14.3. The van der Waals surface area contributed by atoms with Crippen molar-refractivity contribution in [1.82, 2.24) is 24.6 Å². The number of hydrogen-bond acceptors (Lipinski definition) is 11. The van der Waals surface area contributed by atoms with E-state index >= 15 is 0 Å². The summed E-state index contributed by atoms with van der Waals surface area (Å²) in [5, 5.41) is 14.6. The van der Waals surface area contributed by atoms with E-state index in [4.69, 9.17) is 24.3 Å². The zero-order valence-corrected chi connectivity index (χ0v) is 25.8. The van der Waals surface area contributed by atoms with Gasteiger partial charge in [-0.2, -0.15) is 15.1 Å². The molecule has 4 aromatic rings. The predicted molar refractivity (Wildman–Crippen MR) is 165 cm³/mol. The van der Waals surface area contributed by atoms with Crippen LogP contribution in [0.25, 0.3) is 21.9 Å². The van der Waals surface area contributed by atoms with Crippen LogP contribution in [0, 0.1) is 5.92 Å². The maximum Gasteiger partial charge on any atom is 0.459 e. The van der Waals surface area contributed by atoms with Gasteiger partial charge >= 0.3 is 13.7 Å². The standard InChI is InChI=1S/C30H39N6O7P/c1-20(29(38)42-23-11-4-3-5-12-23)35-44(39,43-25-14-8-10-22-9-6-7-13-24(22)25)41-18-21(17-37)15-16-36-19-32-26-27(36)33-30(31)34-28(26)40-2/h6-10,13-14,19-21,23,37H,3-5,11-12,15-18H2,1-2H3,(H,35,39)(H2,31,33,34)/t20-,21?,44?/m0/s1. The first-order chi connectivity index (χ1) is 21.3. The van der Waals surface area contributed by atoms with Crippen molar-refractivity contribution in [3.8, 4) is 11.6 Å². The van der Waals surface area contributed by atoms with Crippen LogP contribution in [0.5, 0.6) is 11.6 Å². The molecule has 13 nitrogen and oxygen atoms in total. The van der Waals surface area contributed by atoms with Gasteiger partial charge in [0.05, 0.1) is 20.0 Å². The van der Waals surface area contributed by atoms with Gasteiger partial charge in [0.1, 0.15) is 17.9 Å². The second-order valence-electron chi connectivity index (χ2n) is 10.9. The number of hydrogen-bond donors (Lipinski definition) is 3. The first kappa shape index (κ1) is 31.6. The number of nitrogens with zero attached hydrogens (tertiary/aromatic N) is 4. The van der Waals surface area contributed by atoms with Crippen LogP contribution in [0.15, 0.2) is 48.8 Å². The Morgan fingerprint density at radius 1 is 1.16 bits per heavy atom. The van der Waals surface area contributed by atoms with Crippen LogP contribution >= 0.6 is 7.75 Å². The minimum absolute atomic E-state index is 0.0480. The van der Waals surface area contributed by atoms with Crippen LogP contribution < -0.4 is 20.1 Å². The molecule has 14 heteroatoms. The number of aliphatic hydroxyl groups is 1. The van der Waals surface area contributed by atoms with Gasteiger partial charge in [0, 0.05) is 24.5 Å². The molecule has 0 saturated heterocycles. The Hall–Kier alpha value is -3.77. The number of nitrogens with one attached hydrogen (secondary N) is 1. The summed E-state index contributed by atoms with van der Waals surface area (Å²) >= 11 is 0. The highest BCUT2D eigenvalue weighted by Gasteiger charge is 2.34. The number of nitrogens with two attached hydrogens (primary N) is 1. The molecule has 0 bridgehead atoms. The van der Waals surface area contributed by atoms with Crippen LogP contribution in [0.3, 0.4) is 0 Å². The van der Waals surface area contributed by atoms with Gasteiger partial charge in [0.2, 0.25) is 11.8 Å². The number of carbonyl (C=O) groups is 1. The summed E-state index contributed by atoms with van der Waals surface area (Å²) < 4.78 is 39.0. The highest BCUT2D eigenvalue weighted by atomic mass is 31.2. The van der Waals surface area contributed by atoms with Gasteiger partial charge in [-0.15, -0.1) is 0 Å². The van der Waals surface area contributed by atoms with E-state index in [1.807, 2.05) is 30.3 Å². The quantitative estimate of drug-likeness (QED) is 0.131. The number of imidazole rings is 1. The van der Waals surface area contributed by atoms with Crippen molar-refractivity contribution >= 4 is 41.6 Å². The molecule has 1 aliphatic carbocycles. The third-order valence-corrected chi connectivity index (χ3v) is 9.30. The Morgan fingerprint density at radius 2 is 1.93 bits per heavy atom. The fraction of sp³-hybridized carbons (Fsp3) is 0.467. The number of methoxy groups -OCH3 is 1. The lowest BCUT2D eigenvalue weighted by molar-refractivity contribution is -0.152. The smallest absolute Gasteiger partial charge is 0.459 e. The van der Waals surface area contributed by atoms with Crippen molar-refractivity contribution in [3.63, 3.8) is 0 Å². The topological polar surface area (TPSA) is 173 Å². The first-order valence-corrected chi connectivity index (χ1v) is 16.4. The molecule has 5 rings (SSSR count). The Balaban J connectivity index is 1.30. The number of rotatable bonds is 14. The third kappa shape index (κ3) is 7.65. The molecule has 2 heterocycles. The van der Waals surface area contributed by atoms with Crippen LogP contribution in [-0.2, 0) is 25.2 Å². The molecular formula is C30H39N6O7P. The number of aliphatic hydroxyl groups excluding tert-OH is 1. The molecular weight excluding hydrogens is 587 g/mol. The van der Waals surface area contributed by atoms with Crippen LogP contribution in [0.2, 0.25) is 0 Å². The molecule has 0 aliphatic heterocycles. The summed E-state index contributed by atoms with van der Waals surface area (Å²) in [4.78, 5) is 25.6. The van der Waals surface area contributed by atoms with E-state index in [-0.39, 0.29) is 31.1 Å². The largest absolute Gasteiger partial charge is 0.479 e. The molecule has 2 aromatic carbocycles. The van der Waals surface area contributed by atoms with E-state index in [9.17, 15) is 14.5 Å². The second-order valence-corrected chi connectivity index (χ2v) is 12.6. The van der Waals surface area contributed by atoms with Gasteiger partial charge < -0.3 is 29.4 Å². The first-order valence-electron chi connectivity index (χ1n) is 14.8. The van der Waals surface area contributed by atoms with E-state index in [2.05, 4.69) is 20.0 Å². The fourth-order valence-electron chi connectivity index (χ4n) is 5.23. The average molecular weight is 627 g/mol. The molecule has 4 N–H and O–H groups in total. The number of fused-ring (bicyclic) bond motifs is 2. The van der Waals surface area contributed by atoms with Crippen molar-refractivity contribution in [2.75, 3.05) is 26.1 Å². The molecule has 0 amide bonds. The number of anilines is 1. The average Bonchev–Trinajstić information content (AvgIpc) is 3.44. The molecule has 1 aliphatic rings.